The van der Waals surface area contributed by atoms with Crippen LogP contribution in [0.4, 0.5) is 0 Å². The van der Waals surface area contributed by atoms with E-state index in [1.165, 1.54) is 6.20 Å². The van der Waals surface area contributed by atoms with Gasteiger partial charge in [-0.2, -0.15) is 5.10 Å². The van der Waals surface area contributed by atoms with E-state index < -0.39 is 0 Å². The summed E-state index contributed by atoms with van der Waals surface area (Å²) in [5.74, 6) is 0.165. The van der Waals surface area contributed by atoms with Crippen LogP contribution in [0.2, 0.25) is 0 Å². The maximum atomic E-state index is 9.21. The number of H-pyrrole nitrogens is 1. The molecule has 0 radical (unpaired) electrons. The largest absolute Gasteiger partial charge is 0.506 e. The number of rotatable bonds is 1. The van der Waals surface area contributed by atoms with Gasteiger partial charge in [-0.1, -0.05) is 0 Å². The van der Waals surface area contributed by atoms with Gasteiger partial charge in [-0.25, -0.2) is 0 Å². The third kappa shape index (κ3) is 1.38. The number of aromatic nitrogens is 3. The highest BCUT2D eigenvalue weighted by atomic mass is 16.3. The van der Waals surface area contributed by atoms with Gasteiger partial charge in [0.1, 0.15) is 5.75 Å². The van der Waals surface area contributed by atoms with E-state index in [1.54, 1.807) is 18.5 Å². The van der Waals surface area contributed by atoms with E-state index in [1.807, 2.05) is 6.92 Å². The fourth-order valence-electron chi connectivity index (χ4n) is 1.23. The SMILES string of the molecule is Cc1n[nH]cc1-c1cncc(O)c1. The summed E-state index contributed by atoms with van der Waals surface area (Å²) >= 11 is 0. The lowest BCUT2D eigenvalue weighted by Gasteiger charge is -1.98. The number of aryl methyl sites for hydroxylation is 1. The smallest absolute Gasteiger partial charge is 0.134 e. The molecule has 0 amide bonds. The fraction of sp³-hybridized carbons (Fsp3) is 0.111. The van der Waals surface area contributed by atoms with Crippen molar-refractivity contribution in [2.45, 2.75) is 6.92 Å². The van der Waals surface area contributed by atoms with Crippen molar-refractivity contribution in [1.82, 2.24) is 15.2 Å². The van der Waals surface area contributed by atoms with Crippen LogP contribution in [-0.4, -0.2) is 20.3 Å². The van der Waals surface area contributed by atoms with Crippen LogP contribution in [0.15, 0.2) is 24.7 Å². The molecule has 0 aromatic carbocycles. The number of nitrogens with zero attached hydrogens (tertiary/aromatic N) is 2. The van der Waals surface area contributed by atoms with Crippen LogP contribution >= 0.6 is 0 Å². The number of aromatic hydroxyl groups is 1. The normalized spacial score (nSPS) is 10.2. The van der Waals surface area contributed by atoms with E-state index in [4.69, 9.17) is 0 Å². The Morgan fingerprint density at radius 2 is 2.23 bits per heavy atom. The minimum atomic E-state index is 0.165. The first kappa shape index (κ1) is 7.79. The first-order valence-corrected chi connectivity index (χ1v) is 3.92. The predicted octanol–water partition coefficient (Wildman–Crippen LogP) is 1.49. The predicted molar refractivity (Wildman–Crippen MR) is 48.2 cm³/mol. The zero-order valence-electron chi connectivity index (χ0n) is 7.15. The molecule has 0 bridgehead atoms. The molecule has 0 spiro atoms. The van der Waals surface area contributed by atoms with Crippen LogP contribution < -0.4 is 0 Å². The summed E-state index contributed by atoms with van der Waals surface area (Å²) in [7, 11) is 0. The molecule has 2 aromatic rings. The Hall–Kier alpha value is -1.84. The number of aromatic amines is 1. The summed E-state index contributed by atoms with van der Waals surface area (Å²) in [5.41, 5.74) is 2.72. The molecule has 4 nitrogen and oxygen atoms in total. The molecule has 2 heterocycles. The highest BCUT2D eigenvalue weighted by molar-refractivity contribution is 5.64. The Bertz CT molecular complexity index is 422. The molecule has 4 heteroatoms. The Balaban J connectivity index is 2.53. The zero-order chi connectivity index (χ0) is 9.26. The molecule has 0 aliphatic carbocycles. The molecular weight excluding hydrogens is 166 g/mol. The summed E-state index contributed by atoms with van der Waals surface area (Å²) < 4.78 is 0. The van der Waals surface area contributed by atoms with Gasteiger partial charge >= 0.3 is 0 Å². The molecule has 2 aromatic heterocycles. The van der Waals surface area contributed by atoms with Gasteiger partial charge in [0.25, 0.3) is 0 Å². The Morgan fingerprint density at radius 1 is 1.38 bits per heavy atom. The molecule has 0 unspecified atom stereocenters. The topological polar surface area (TPSA) is 61.8 Å². The van der Waals surface area contributed by atoms with Crippen LogP contribution in [0, 0.1) is 6.92 Å². The average Bonchev–Trinajstić information content (AvgIpc) is 2.51. The van der Waals surface area contributed by atoms with Crippen molar-refractivity contribution >= 4 is 0 Å². The number of pyridine rings is 1. The average molecular weight is 175 g/mol. The molecule has 2 N–H and O–H groups in total. The van der Waals surface area contributed by atoms with Gasteiger partial charge in [0.2, 0.25) is 0 Å². The molecule has 0 saturated heterocycles. The van der Waals surface area contributed by atoms with Crippen LogP contribution in [0.5, 0.6) is 5.75 Å². The van der Waals surface area contributed by atoms with Crippen molar-refractivity contribution < 1.29 is 5.11 Å². The minimum absolute atomic E-state index is 0.165. The van der Waals surface area contributed by atoms with Crippen molar-refractivity contribution in [2.24, 2.45) is 0 Å². The van der Waals surface area contributed by atoms with E-state index in [0.717, 1.165) is 16.8 Å². The molecule has 13 heavy (non-hydrogen) atoms. The van der Waals surface area contributed by atoms with E-state index >= 15 is 0 Å². The lowest BCUT2D eigenvalue weighted by Crippen LogP contribution is -1.80. The standard InChI is InChI=1S/C9H9N3O/c1-6-9(5-11-12-6)7-2-8(13)4-10-3-7/h2-5,13H,1H3,(H,11,12). The van der Waals surface area contributed by atoms with Gasteiger partial charge in [0, 0.05) is 23.5 Å². The molecule has 66 valence electrons. The van der Waals surface area contributed by atoms with Gasteiger partial charge in [-0.05, 0) is 13.0 Å². The first-order valence-electron chi connectivity index (χ1n) is 3.92. The monoisotopic (exact) mass is 175 g/mol. The van der Waals surface area contributed by atoms with Gasteiger partial charge in [-0.3, -0.25) is 10.1 Å². The van der Waals surface area contributed by atoms with Crippen LogP contribution in [0.1, 0.15) is 5.69 Å². The maximum absolute atomic E-state index is 9.21. The lowest BCUT2D eigenvalue weighted by atomic mass is 10.1. The van der Waals surface area contributed by atoms with E-state index in [-0.39, 0.29) is 5.75 Å². The van der Waals surface area contributed by atoms with Gasteiger partial charge in [0.05, 0.1) is 11.9 Å². The number of hydrogen-bond acceptors (Lipinski definition) is 3. The second-order valence-electron chi connectivity index (χ2n) is 2.82. The second kappa shape index (κ2) is 2.90. The van der Waals surface area contributed by atoms with Crippen LogP contribution in [0.25, 0.3) is 11.1 Å². The molecule has 0 aliphatic rings. The van der Waals surface area contributed by atoms with Gasteiger partial charge in [0.15, 0.2) is 0 Å². The van der Waals surface area contributed by atoms with Crippen molar-refractivity contribution in [3.63, 3.8) is 0 Å². The first-order chi connectivity index (χ1) is 6.27. The van der Waals surface area contributed by atoms with Gasteiger partial charge < -0.3 is 5.11 Å². The zero-order valence-corrected chi connectivity index (χ0v) is 7.15. The second-order valence-corrected chi connectivity index (χ2v) is 2.82. The quantitative estimate of drug-likeness (QED) is 0.690. The third-order valence-corrected chi connectivity index (χ3v) is 1.87. The van der Waals surface area contributed by atoms with E-state index in [2.05, 4.69) is 15.2 Å². The van der Waals surface area contributed by atoms with Crippen LogP contribution in [0.3, 0.4) is 0 Å². The highest BCUT2D eigenvalue weighted by Gasteiger charge is 2.04. The molecule has 0 saturated carbocycles. The summed E-state index contributed by atoms with van der Waals surface area (Å²) in [6.45, 7) is 1.90. The minimum Gasteiger partial charge on any atom is -0.506 e. The third-order valence-electron chi connectivity index (χ3n) is 1.87. The molecule has 0 aliphatic heterocycles. The Morgan fingerprint density at radius 3 is 2.85 bits per heavy atom. The Labute approximate surface area is 75.3 Å². The van der Waals surface area contributed by atoms with Crippen molar-refractivity contribution in [3.8, 4) is 16.9 Å². The molecular formula is C9H9N3O. The molecule has 0 atom stereocenters. The number of nitrogens with one attached hydrogen (secondary N) is 1. The van der Waals surface area contributed by atoms with Gasteiger partial charge in [-0.15, -0.1) is 0 Å². The Kier molecular flexibility index (Phi) is 1.73. The van der Waals surface area contributed by atoms with E-state index in [0.29, 0.717) is 0 Å². The molecule has 2 rings (SSSR count). The molecule has 0 fully saturated rings. The fourth-order valence-corrected chi connectivity index (χ4v) is 1.23. The summed E-state index contributed by atoms with van der Waals surface area (Å²) in [5, 5.41) is 16.0. The van der Waals surface area contributed by atoms with Crippen molar-refractivity contribution in [1.29, 1.82) is 0 Å². The summed E-state index contributed by atoms with van der Waals surface area (Å²) in [4.78, 5) is 3.89. The van der Waals surface area contributed by atoms with Crippen LogP contribution in [-0.2, 0) is 0 Å². The summed E-state index contributed by atoms with van der Waals surface area (Å²) in [6, 6.07) is 1.66. The number of hydrogen-bond donors (Lipinski definition) is 2. The van der Waals surface area contributed by atoms with Crippen molar-refractivity contribution in [3.05, 3.63) is 30.4 Å². The lowest BCUT2D eigenvalue weighted by molar-refractivity contribution is 0.473. The highest BCUT2D eigenvalue weighted by Crippen LogP contribution is 2.22. The maximum Gasteiger partial charge on any atom is 0.134 e. The van der Waals surface area contributed by atoms with Crippen molar-refractivity contribution in [2.75, 3.05) is 0 Å². The summed E-state index contributed by atoms with van der Waals surface area (Å²) in [6.07, 6.45) is 4.88. The van der Waals surface area contributed by atoms with E-state index in [9.17, 15) is 5.11 Å².